The number of amides is 4. The molecule has 0 unspecified atom stereocenters. The quantitative estimate of drug-likeness (QED) is 0.160. The van der Waals surface area contributed by atoms with Gasteiger partial charge in [-0.2, -0.15) is 0 Å². The fourth-order valence-electron chi connectivity index (χ4n) is 6.61. The molecule has 0 aliphatic carbocycles. The highest BCUT2D eigenvalue weighted by Gasteiger charge is 2.44. The zero-order valence-electron chi connectivity index (χ0n) is 30.7. The first-order chi connectivity index (χ1) is 25.0. The van der Waals surface area contributed by atoms with Crippen LogP contribution in [0.25, 0.3) is 0 Å². The van der Waals surface area contributed by atoms with E-state index in [-0.39, 0.29) is 43.1 Å². The van der Waals surface area contributed by atoms with Crippen LogP contribution in [0.3, 0.4) is 0 Å². The van der Waals surface area contributed by atoms with Crippen molar-refractivity contribution in [3.63, 3.8) is 0 Å². The topological polar surface area (TPSA) is 151 Å². The zero-order valence-corrected chi connectivity index (χ0v) is 31.5. The molecular weight excluding hydrogens is 683 g/mol. The van der Waals surface area contributed by atoms with Gasteiger partial charge in [0.15, 0.2) is 6.29 Å². The van der Waals surface area contributed by atoms with Gasteiger partial charge in [-0.25, -0.2) is 14.6 Å². The molecular formula is C39H53N5O7S. The summed E-state index contributed by atoms with van der Waals surface area (Å²) in [7, 11) is 1.68. The van der Waals surface area contributed by atoms with Crippen LogP contribution in [0.1, 0.15) is 68.3 Å². The predicted octanol–water partition coefficient (Wildman–Crippen LogP) is 5.01. The average molecular weight is 736 g/mol. The van der Waals surface area contributed by atoms with Crippen LogP contribution in [0.5, 0.6) is 0 Å². The minimum absolute atomic E-state index is 0.0204. The fourth-order valence-corrected chi connectivity index (χ4v) is 7.44. The number of hydrogen-bond acceptors (Lipinski definition) is 9. The number of hydrogen-bond donors (Lipinski definition) is 4. The number of thiazole rings is 1. The summed E-state index contributed by atoms with van der Waals surface area (Å²) in [6.45, 7) is 9.04. The van der Waals surface area contributed by atoms with Crippen molar-refractivity contribution in [1.82, 2.24) is 25.8 Å². The van der Waals surface area contributed by atoms with Crippen LogP contribution < -0.4 is 16.0 Å². The second-order valence-electron chi connectivity index (χ2n) is 14.5. The molecule has 2 saturated heterocycles. The van der Waals surface area contributed by atoms with Crippen LogP contribution in [-0.4, -0.2) is 89.9 Å². The van der Waals surface area contributed by atoms with Gasteiger partial charge in [0, 0.05) is 24.4 Å². The largest absolute Gasteiger partial charge is 0.443 e. The van der Waals surface area contributed by atoms with E-state index in [1.165, 1.54) is 4.90 Å². The van der Waals surface area contributed by atoms with E-state index in [0.29, 0.717) is 31.9 Å². The summed E-state index contributed by atoms with van der Waals surface area (Å²) in [5, 5.41) is 23.7. The standard InChI is InChI=1S/C39H53N5O7S/c1-24(2)34(43-38(47)44(5)21-29-23-52-36(41-29)25(3)4)35(46)40-28(18-26-12-8-6-9-13-26)20-32(45)31(19-27-14-10-7-11-15-27)42-39(48)51-33-22-50-37-30(33)16-17-49-37/h6-15,23-25,28,30-34,37,45H,16-22H2,1-5H3,(H,40,46)(H,42,48)(H,43,47)/t28-,30-,31-,32-,33-,34-,37+/m0/s1. The molecule has 0 bridgehead atoms. The van der Waals surface area contributed by atoms with Crippen molar-refractivity contribution in [2.45, 2.75) is 102 Å². The average Bonchev–Trinajstić information content (AvgIpc) is 3.87. The lowest BCUT2D eigenvalue weighted by molar-refractivity contribution is -0.124. The number of nitrogens with one attached hydrogen (secondary N) is 3. The highest BCUT2D eigenvalue weighted by atomic mass is 32.1. The fraction of sp³-hybridized carbons (Fsp3) is 0.538. The first-order valence-corrected chi connectivity index (χ1v) is 19.1. The number of aliphatic hydroxyl groups excluding tert-OH is 1. The maximum atomic E-state index is 13.9. The first-order valence-electron chi connectivity index (χ1n) is 18.2. The van der Waals surface area contributed by atoms with E-state index in [2.05, 4.69) is 34.8 Å². The third kappa shape index (κ3) is 11.0. The molecule has 3 heterocycles. The van der Waals surface area contributed by atoms with Crippen molar-refractivity contribution in [2.75, 3.05) is 20.3 Å². The SMILES string of the molecule is CC(C)c1nc(CN(C)C(=O)N[C@H](C(=O)N[C@@H](Cc2ccccc2)C[C@H](O)[C@H](Cc2ccccc2)NC(=O)O[C@H]2CO[C@H]3OCC[C@H]32)C(C)C)cs1. The summed E-state index contributed by atoms with van der Waals surface area (Å²) < 4.78 is 17.0. The number of urea groups is 1. The molecule has 3 aromatic rings. The maximum Gasteiger partial charge on any atom is 0.407 e. The van der Waals surface area contributed by atoms with Crippen molar-refractivity contribution in [3.05, 3.63) is 87.9 Å². The summed E-state index contributed by atoms with van der Waals surface area (Å²) in [5.74, 6) is -0.303. The molecule has 4 amide bonds. The summed E-state index contributed by atoms with van der Waals surface area (Å²) in [5.41, 5.74) is 2.69. The summed E-state index contributed by atoms with van der Waals surface area (Å²) in [4.78, 5) is 46.7. The number of nitrogens with zero attached hydrogens (tertiary/aromatic N) is 2. The van der Waals surface area contributed by atoms with Crippen molar-refractivity contribution in [1.29, 1.82) is 0 Å². The zero-order chi connectivity index (χ0) is 37.2. The van der Waals surface area contributed by atoms with Crippen molar-refractivity contribution < 1.29 is 33.7 Å². The lowest BCUT2D eigenvalue weighted by atomic mass is 9.93. The van der Waals surface area contributed by atoms with Crippen LogP contribution in [0.4, 0.5) is 9.59 Å². The molecule has 282 valence electrons. The van der Waals surface area contributed by atoms with E-state index in [4.69, 9.17) is 14.2 Å². The molecule has 5 rings (SSSR count). The van der Waals surface area contributed by atoms with Gasteiger partial charge in [-0.05, 0) is 42.7 Å². The Morgan fingerprint density at radius 2 is 1.63 bits per heavy atom. The summed E-state index contributed by atoms with van der Waals surface area (Å²) >= 11 is 1.57. The number of aromatic nitrogens is 1. The highest BCUT2D eigenvalue weighted by Crippen LogP contribution is 2.33. The minimum atomic E-state index is -1.06. The smallest absolute Gasteiger partial charge is 0.407 e. The van der Waals surface area contributed by atoms with Gasteiger partial charge in [0.1, 0.15) is 12.1 Å². The van der Waals surface area contributed by atoms with E-state index in [1.807, 2.05) is 79.9 Å². The summed E-state index contributed by atoms with van der Waals surface area (Å²) in [6.07, 6.45) is -0.854. The molecule has 2 aliphatic heterocycles. The maximum absolute atomic E-state index is 13.9. The Morgan fingerprint density at radius 3 is 2.27 bits per heavy atom. The van der Waals surface area contributed by atoms with Crippen LogP contribution in [0.2, 0.25) is 0 Å². The predicted molar refractivity (Wildman–Crippen MR) is 199 cm³/mol. The van der Waals surface area contributed by atoms with E-state index < -0.39 is 36.4 Å². The van der Waals surface area contributed by atoms with E-state index in [0.717, 1.165) is 28.2 Å². The van der Waals surface area contributed by atoms with Crippen LogP contribution in [0, 0.1) is 11.8 Å². The number of carbonyl (C=O) groups excluding carboxylic acids is 3. The molecule has 0 radical (unpaired) electrons. The number of rotatable bonds is 16. The van der Waals surface area contributed by atoms with Crippen LogP contribution in [0.15, 0.2) is 66.0 Å². The van der Waals surface area contributed by atoms with Gasteiger partial charge < -0.3 is 40.2 Å². The first kappa shape index (κ1) is 39.2. The lowest BCUT2D eigenvalue weighted by Gasteiger charge is -2.31. The van der Waals surface area contributed by atoms with E-state index >= 15 is 0 Å². The molecule has 12 nitrogen and oxygen atoms in total. The molecule has 13 heteroatoms. The Morgan fingerprint density at radius 1 is 0.962 bits per heavy atom. The molecule has 4 N–H and O–H groups in total. The van der Waals surface area contributed by atoms with Gasteiger partial charge >= 0.3 is 12.1 Å². The second-order valence-corrected chi connectivity index (χ2v) is 15.4. The highest BCUT2D eigenvalue weighted by molar-refractivity contribution is 7.09. The van der Waals surface area contributed by atoms with Gasteiger partial charge in [0.05, 0.1) is 48.5 Å². The molecule has 2 fully saturated rings. The Hall–Kier alpha value is -4.04. The van der Waals surface area contributed by atoms with Gasteiger partial charge in [-0.15, -0.1) is 11.3 Å². The Kier molecular flexibility index (Phi) is 14.0. The Bertz CT molecular complexity index is 1590. The van der Waals surface area contributed by atoms with Gasteiger partial charge in [-0.3, -0.25) is 4.79 Å². The van der Waals surface area contributed by atoms with Crippen molar-refractivity contribution in [3.8, 4) is 0 Å². The third-order valence-electron chi connectivity index (χ3n) is 9.54. The monoisotopic (exact) mass is 735 g/mol. The van der Waals surface area contributed by atoms with E-state index in [9.17, 15) is 19.5 Å². The number of fused-ring (bicyclic) bond motifs is 1. The molecule has 2 aromatic carbocycles. The number of alkyl carbamates (subject to hydrolysis) is 1. The number of carbonyl (C=O) groups is 3. The minimum Gasteiger partial charge on any atom is -0.443 e. The number of aliphatic hydroxyl groups is 1. The summed E-state index contributed by atoms with van der Waals surface area (Å²) in [6, 6.07) is 16.8. The lowest BCUT2D eigenvalue weighted by Crippen LogP contribution is -2.56. The molecule has 2 aliphatic rings. The second kappa shape index (κ2) is 18.6. The Labute approximate surface area is 310 Å². The van der Waals surface area contributed by atoms with Crippen LogP contribution in [-0.2, 0) is 38.4 Å². The normalized spacial score (nSPS) is 20.5. The Balaban J connectivity index is 1.27. The molecule has 1 aromatic heterocycles. The molecule has 0 saturated carbocycles. The van der Waals surface area contributed by atoms with Gasteiger partial charge in [-0.1, -0.05) is 88.4 Å². The molecule has 7 atom stereocenters. The third-order valence-corrected chi connectivity index (χ3v) is 10.7. The van der Waals surface area contributed by atoms with Crippen molar-refractivity contribution in [2.24, 2.45) is 11.8 Å². The molecule has 52 heavy (non-hydrogen) atoms. The van der Waals surface area contributed by atoms with Crippen molar-refractivity contribution >= 4 is 29.4 Å². The number of benzene rings is 2. The van der Waals surface area contributed by atoms with Gasteiger partial charge in [0.2, 0.25) is 5.91 Å². The molecule has 0 spiro atoms. The van der Waals surface area contributed by atoms with Crippen LogP contribution >= 0.6 is 11.3 Å². The van der Waals surface area contributed by atoms with Gasteiger partial charge in [0.25, 0.3) is 0 Å². The van der Waals surface area contributed by atoms with E-state index in [1.54, 1.807) is 18.4 Å². The number of ether oxygens (including phenoxy) is 3.